The monoisotopic (exact) mass is 471 g/mol. The van der Waals surface area contributed by atoms with Crippen LogP contribution in [0, 0.1) is 0 Å². The molecule has 0 saturated carbocycles. The highest BCUT2D eigenvalue weighted by Gasteiger charge is 2.25. The third-order valence-electron chi connectivity index (χ3n) is 7.49. The molecule has 1 saturated heterocycles. The van der Waals surface area contributed by atoms with Gasteiger partial charge in [-0.1, -0.05) is 6.07 Å². The highest BCUT2D eigenvalue weighted by molar-refractivity contribution is 5.90. The second-order valence-corrected chi connectivity index (χ2v) is 9.67. The molecule has 0 bridgehead atoms. The third-order valence-corrected chi connectivity index (χ3v) is 7.49. The van der Waals surface area contributed by atoms with Crippen LogP contribution in [0.1, 0.15) is 52.2 Å². The smallest absolute Gasteiger partial charge is 0.338 e. The number of hydrogen-bond donors (Lipinski definition) is 1. The summed E-state index contributed by atoms with van der Waals surface area (Å²) in [6.45, 7) is 1.43. The molecule has 6 nitrogen and oxygen atoms in total. The normalized spacial score (nSPS) is 17.5. The van der Waals surface area contributed by atoms with Crippen molar-refractivity contribution >= 4 is 23.0 Å². The van der Waals surface area contributed by atoms with E-state index in [0.717, 1.165) is 36.2 Å². The molecular formula is C29H33N3O3. The minimum atomic E-state index is -0.297. The van der Waals surface area contributed by atoms with Crippen molar-refractivity contribution in [2.24, 2.45) is 0 Å². The van der Waals surface area contributed by atoms with E-state index in [1.54, 1.807) is 18.5 Å². The number of esters is 1. The Hall–Kier alpha value is -3.38. The van der Waals surface area contributed by atoms with Crippen LogP contribution in [0.3, 0.4) is 0 Å². The third kappa shape index (κ3) is 4.89. The van der Waals surface area contributed by atoms with E-state index in [0.29, 0.717) is 24.6 Å². The van der Waals surface area contributed by atoms with Crippen molar-refractivity contribution in [1.82, 2.24) is 4.98 Å². The summed E-state index contributed by atoms with van der Waals surface area (Å²) in [4.78, 5) is 20.8. The lowest BCUT2D eigenvalue weighted by Crippen LogP contribution is -2.50. The molecule has 5 rings (SSSR count). The number of aryl methyl sites for hydroxylation is 2. The van der Waals surface area contributed by atoms with Crippen molar-refractivity contribution in [2.45, 2.75) is 44.1 Å². The van der Waals surface area contributed by atoms with Crippen LogP contribution in [0.4, 0.5) is 17.1 Å². The number of aliphatic hydroxyl groups is 1. The van der Waals surface area contributed by atoms with Gasteiger partial charge < -0.3 is 19.6 Å². The molecule has 0 amide bonds. The summed E-state index contributed by atoms with van der Waals surface area (Å²) in [6.07, 6.45) is 8.49. The van der Waals surface area contributed by atoms with Crippen molar-refractivity contribution in [1.29, 1.82) is 0 Å². The first-order chi connectivity index (χ1) is 17.0. The van der Waals surface area contributed by atoms with Crippen LogP contribution in [0.25, 0.3) is 0 Å². The number of pyridine rings is 1. The number of benzene rings is 2. The first kappa shape index (κ1) is 23.4. The molecular weight excluding hydrogens is 438 g/mol. The van der Waals surface area contributed by atoms with E-state index >= 15 is 0 Å². The van der Waals surface area contributed by atoms with Gasteiger partial charge in [0.2, 0.25) is 0 Å². The van der Waals surface area contributed by atoms with Gasteiger partial charge in [0.1, 0.15) is 0 Å². The second-order valence-electron chi connectivity index (χ2n) is 9.67. The van der Waals surface area contributed by atoms with Crippen molar-refractivity contribution in [3.63, 3.8) is 0 Å². The molecule has 182 valence electrons. The summed E-state index contributed by atoms with van der Waals surface area (Å²) in [5.74, 6) is 0.185. The standard InChI is InChI=1S/C29H33N3O3/c1-31(23-8-10-24(11-9-23)32-18-26(33)19-32)25-12-13-27-20(4-3-5-21(27)16-25)6-7-22-17-30-15-14-28(22)29(34)35-2/h8-17,20,26,33H,3-7,18-19H2,1-2H3/t20-/m0/s1. The number of aliphatic hydroxyl groups excluding tert-OH is 1. The maximum absolute atomic E-state index is 12.1. The fourth-order valence-corrected chi connectivity index (χ4v) is 5.38. The van der Waals surface area contributed by atoms with Gasteiger partial charge in [0, 0.05) is 49.6 Å². The quantitative estimate of drug-likeness (QED) is 0.496. The number of anilines is 3. The van der Waals surface area contributed by atoms with Gasteiger partial charge in [-0.25, -0.2) is 4.79 Å². The minimum Gasteiger partial charge on any atom is -0.465 e. The molecule has 2 aliphatic rings. The number of nitrogens with zero attached hydrogens (tertiary/aromatic N) is 3. The maximum atomic E-state index is 12.1. The van der Waals surface area contributed by atoms with Crippen LogP contribution >= 0.6 is 0 Å². The molecule has 1 fully saturated rings. The van der Waals surface area contributed by atoms with Crippen molar-refractivity contribution in [2.75, 3.05) is 37.0 Å². The Morgan fingerprint density at radius 3 is 2.66 bits per heavy atom. The summed E-state index contributed by atoms with van der Waals surface area (Å²) in [7, 11) is 3.53. The zero-order valence-electron chi connectivity index (χ0n) is 20.5. The molecule has 1 atom stereocenters. The highest BCUT2D eigenvalue weighted by Crippen LogP contribution is 2.38. The van der Waals surface area contributed by atoms with Gasteiger partial charge in [0.15, 0.2) is 0 Å². The Bertz CT molecular complexity index is 1190. The number of ether oxygens (including phenoxy) is 1. The molecule has 1 aromatic heterocycles. The molecule has 1 N–H and O–H groups in total. The molecule has 6 heteroatoms. The average molecular weight is 472 g/mol. The van der Waals surface area contributed by atoms with Gasteiger partial charge in [-0.2, -0.15) is 0 Å². The van der Waals surface area contributed by atoms with E-state index in [2.05, 4.69) is 64.3 Å². The number of carbonyl (C=O) groups is 1. The number of aromatic nitrogens is 1. The highest BCUT2D eigenvalue weighted by atomic mass is 16.5. The topological polar surface area (TPSA) is 65.9 Å². The van der Waals surface area contributed by atoms with Gasteiger partial charge in [-0.15, -0.1) is 0 Å². The molecule has 2 heterocycles. The average Bonchev–Trinajstić information content (AvgIpc) is 2.89. The number of fused-ring (bicyclic) bond motifs is 1. The zero-order valence-corrected chi connectivity index (χ0v) is 20.5. The first-order valence-electron chi connectivity index (χ1n) is 12.4. The van der Waals surface area contributed by atoms with Gasteiger partial charge >= 0.3 is 5.97 Å². The molecule has 1 aliphatic carbocycles. The van der Waals surface area contributed by atoms with Crippen molar-refractivity contribution in [3.8, 4) is 0 Å². The Labute approximate surface area is 207 Å². The van der Waals surface area contributed by atoms with E-state index in [1.165, 1.54) is 36.8 Å². The van der Waals surface area contributed by atoms with Crippen molar-refractivity contribution < 1.29 is 14.6 Å². The fraction of sp³-hybridized carbons (Fsp3) is 0.379. The maximum Gasteiger partial charge on any atom is 0.338 e. The summed E-state index contributed by atoms with van der Waals surface area (Å²) in [5.41, 5.74) is 7.93. The van der Waals surface area contributed by atoms with Gasteiger partial charge in [-0.3, -0.25) is 4.98 Å². The molecule has 0 unspecified atom stereocenters. The van der Waals surface area contributed by atoms with Gasteiger partial charge in [0.05, 0.1) is 18.8 Å². The van der Waals surface area contributed by atoms with E-state index in [1.807, 2.05) is 0 Å². The number of methoxy groups -OCH3 is 1. The van der Waals surface area contributed by atoms with Crippen molar-refractivity contribution in [3.05, 3.63) is 83.2 Å². The van der Waals surface area contributed by atoms with Gasteiger partial charge in [0.25, 0.3) is 0 Å². The predicted molar refractivity (Wildman–Crippen MR) is 139 cm³/mol. The van der Waals surface area contributed by atoms with Gasteiger partial charge in [-0.05, 0) is 97.2 Å². The Kier molecular flexibility index (Phi) is 6.73. The SMILES string of the molecule is COC(=O)c1ccncc1CC[C@@H]1CCCc2cc(N(C)c3ccc(N4CC(O)C4)cc3)ccc21. The molecule has 35 heavy (non-hydrogen) atoms. The van der Waals surface area contributed by atoms with E-state index in [4.69, 9.17) is 4.74 Å². The van der Waals surface area contributed by atoms with E-state index in [9.17, 15) is 9.90 Å². The van der Waals surface area contributed by atoms with Crippen LogP contribution in [0.2, 0.25) is 0 Å². The minimum absolute atomic E-state index is 0.198. The fourth-order valence-electron chi connectivity index (χ4n) is 5.38. The number of carbonyl (C=O) groups excluding carboxylic acids is 1. The zero-order chi connectivity index (χ0) is 24.4. The first-order valence-corrected chi connectivity index (χ1v) is 12.4. The van der Waals surface area contributed by atoms with Crippen LogP contribution in [0.5, 0.6) is 0 Å². The molecule has 0 radical (unpaired) electrons. The molecule has 3 aromatic rings. The van der Waals surface area contributed by atoms with Crippen LogP contribution in [-0.4, -0.2) is 49.4 Å². The predicted octanol–water partition coefficient (Wildman–Crippen LogP) is 4.87. The molecule has 0 spiro atoms. The van der Waals surface area contributed by atoms with Crippen LogP contribution in [-0.2, 0) is 17.6 Å². The lowest BCUT2D eigenvalue weighted by Gasteiger charge is -2.38. The summed E-state index contributed by atoms with van der Waals surface area (Å²) in [5, 5.41) is 9.55. The number of β-amino-alcohol motifs (C(OH)–C–C–N with tert-alkyl or cyclic N) is 1. The Balaban J connectivity index is 1.28. The van der Waals surface area contributed by atoms with Crippen LogP contribution in [0.15, 0.2) is 60.9 Å². The summed E-state index contributed by atoms with van der Waals surface area (Å²) < 4.78 is 4.94. The Morgan fingerprint density at radius 1 is 1.14 bits per heavy atom. The van der Waals surface area contributed by atoms with E-state index < -0.39 is 0 Å². The number of hydrogen-bond acceptors (Lipinski definition) is 6. The summed E-state index contributed by atoms with van der Waals surface area (Å²) in [6, 6.07) is 17.2. The second kappa shape index (κ2) is 10.1. The largest absolute Gasteiger partial charge is 0.465 e. The Morgan fingerprint density at radius 2 is 1.91 bits per heavy atom. The lowest BCUT2D eigenvalue weighted by atomic mass is 9.79. The van der Waals surface area contributed by atoms with E-state index in [-0.39, 0.29) is 12.1 Å². The number of rotatable bonds is 7. The lowest BCUT2D eigenvalue weighted by molar-refractivity contribution is 0.0599. The molecule has 1 aliphatic heterocycles. The molecule has 2 aromatic carbocycles. The summed E-state index contributed by atoms with van der Waals surface area (Å²) >= 11 is 0. The van der Waals surface area contributed by atoms with Crippen LogP contribution < -0.4 is 9.80 Å².